The lowest BCUT2D eigenvalue weighted by Gasteiger charge is -2.06. The Kier molecular flexibility index (Phi) is 5.61. The minimum Gasteiger partial charge on any atom is -0.387 e. The number of benzene rings is 1. The van der Waals surface area contributed by atoms with Gasteiger partial charge in [-0.3, -0.25) is 4.79 Å². The lowest BCUT2D eigenvalue weighted by atomic mass is 10.1. The zero-order valence-electron chi connectivity index (χ0n) is 15.4. The van der Waals surface area contributed by atoms with E-state index in [9.17, 15) is 9.59 Å². The minimum absolute atomic E-state index is 0.140. The van der Waals surface area contributed by atoms with Gasteiger partial charge < -0.3 is 9.73 Å². The van der Waals surface area contributed by atoms with Crippen LogP contribution >= 0.6 is 11.3 Å². The molecule has 0 aliphatic rings. The third kappa shape index (κ3) is 4.85. The van der Waals surface area contributed by atoms with Crippen LogP contribution in [0.1, 0.15) is 17.5 Å². The van der Waals surface area contributed by atoms with Crippen molar-refractivity contribution in [2.45, 2.75) is 26.1 Å². The van der Waals surface area contributed by atoms with E-state index in [-0.39, 0.29) is 24.8 Å². The van der Waals surface area contributed by atoms with E-state index in [2.05, 4.69) is 20.5 Å². The maximum atomic E-state index is 12.1. The molecule has 1 N–H and O–H groups in total. The van der Waals surface area contributed by atoms with Crippen LogP contribution in [0.2, 0.25) is 0 Å². The number of thiophene rings is 1. The van der Waals surface area contributed by atoms with Crippen molar-refractivity contribution in [1.29, 1.82) is 0 Å². The molecule has 3 aromatic heterocycles. The van der Waals surface area contributed by atoms with Crippen LogP contribution in [0.3, 0.4) is 0 Å². The number of amides is 1. The molecule has 0 aliphatic heterocycles. The van der Waals surface area contributed by atoms with Crippen molar-refractivity contribution in [3.8, 4) is 10.8 Å². The number of carbonyl (C=O) groups is 1. The van der Waals surface area contributed by atoms with Crippen LogP contribution in [0.4, 0.5) is 0 Å². The molecule has 1 amide bonds. The number of hydrogen-bond acceptors (Lipinski definition) is 7. The van der Waals surface area contributed by atoms with E-state index >= 15 is 0 Å². The second kappa shape index (κ2) is 8.65. The van der Waals surface area contributed by atoms with Gasteiger partial charge in [-0.2, -0.15) is 9.78 Å². The molecule has 1 aromatic carbocycles. The van der Waals surface area contributed by atoms with Crippen molar-refractivity contribution in [2.75, 3.05) is 0 Å². The van der Waals surface area contributed by atoms with E-state index in [4.69, 9.17) is 4.42 Å². The van der Waals surface area contributed by atoms with Gasteiger partial charge in [-0.1, -0.05) is 30.3 Å². The topological polar surface area (TPSA) is 108 Å². The SMILES string of the molecule is O=C(CCn1nc(-c2cccs2)oc1=O)NCc1ccc(Cn2cncn2)cc1. The van der Waals surface area contributed by atoms with Gasteiger partial charge in [-0.05, 0) is 22.6 Å². The van der Waals surface area contributed by atoms with Gasteiger partial charge in [0.2, 0.25) is 5.91 Å². The van der Waals surface area contributed by atoms with Crippen LogP contribution in [0.15, 0.2) is 63.6 Å². The molecule has 0 saturated carbocycles. The molecule has 0 saturated heterocycles. The van der Waals surface area contributed by atoms with Gasteiger partial charge in [0.25, 0.3) is 5.89 Å². The third-order valence-electron chi connectivity index (χ3n) is 4.21. The number of nitrogens with zero attached hydrogens (tertiary/aromatic N) is 5. The van der Waals surface area contributed by atoms with Gasteiger partial charge in [0, 0.05) is 13.0 Å². The maximum Gasteiger partial charge on any atom is 0.437 e. The van der Waals surface area contributed by atoms with Crippen LogP contribution in [-0.2, 0) is 24.4 Å². The van der Waals surface area contributed by atoms with Crippen molar-refractivity contribution in [1.82, 2.24) is 29.9 Å². The highest BCUT2D eigenvalue weighted by molar-refractivity contribution is 7.13. The van der Waals surface area contributed by atoms with E-state index in [1.54, 1.807) is 11.0 Å². The number of aryl methyl sites for hydroxylation is 1. The van der Waals surface area contributed by atoms with Gasteiger partial charge in [0.1, 0.15) is 12.7 Å². The molecule has 0 bridgehead atoms. The van der Waals surface area contributed by atoms with Crippen LogP contribution in [0.5, 0.6) is 0 Å². The van der Waals surface area contributed by atoms with Gasteiger partial charge in [0.05, 0.1) is 18.0 Å². The fourth-order valence-electron chi connectivity index (χ4n) is 2.71. The molecule has 29 heavy (non-hydrogen) atoms. The fourth-order valence-corrected chi connectivity index (χ4v) is 3.35. The van der Waals surface area contributed by atoms with E-state index in [0.717, 1.165) is 16.0 Å². The lowest BCUT2D eigenvalue weighted by molar-refractivity contribution is -0.121. The van der Waals surface area contributed by atoms with E-state index in [1.807, 2.05) is 41.8 Å². The standard InChI is InChI=1S/C19H18N6O3S/c26-17(7-8-25-19(27)28-18(23-25)16-2-1-9-29-16)21-10-14-3-5-15(6-4-14)11-24-13-20-12-22-24/h1-6,9,12-13H,7-8,10-11H2,(H,21,26). The fraction of sp³-hybridized carbons (Fsp3) is 0.211. The largest absolute Gasteiger partial charge is 0.437 e. The van der Waals surface area contributed by atoms with Crippen molar-refractivity contribution in [2.24, 2.45) is 0 Å². The lowest BCUT2D eigenvalue weighted by Crippen LogP contribution is -2.26. The molecule has 0 spiro atoms. The Morgan fingerprint density at radius 2 is 2.00 bits per heavy atom. The molecule has 9 nitrogen and oxygen atoms in total. The van der Waals surface area contributed by atoms with Crippen molar-refractivity contribution >= 4 is 17.2 Å². The molecular weight excluding hydrogens is 392 g/mol. The average molecular weight is 410 g/mol. The highest BCUT2D eigenvalue weighted by Gasteiger charge is 2.12. The number of carbonyl (C=O) groups excluding carboxylic acids is 1. The predicted molar refractivity (Wildman–Crippen MR) is 106 cm³/mol. The summed E-state index contributed by atoms with van der Waals surface area (Å²) >= 11 is 1.43. The summed E-state index contributed by atoms with van der Waals surface area (Å²) in [6, 6.07) is 11.6. The van der Waals surface area contributed by atoms with E-state index in [1.165, 1.54) is 22.3 Å². The zero-order chi connectivity index (χ0) is 20.1. The summed E-state index contributed by atoms with van der Waals surface area (Å²) in [6.07, 6.45) is 3.30. The summed E-state index contributed by atoms with van der Waals surface area (Å²) in [7, 11) is 0. The first kappa shape index (κ1) is 18.8. The van der Waals surface area contributed by atoms with Crippen molar-refractivity contribution in [3.63, 3.8) is 0 Å². The van der Waals surface area contributed by atoms with Crippen LogP contribution < -0.4 is 11.1 Å². The Morgan fingerprint density at radius 1 is 1.17 bits per heavy atom. The number of rotatable bonds is 8. The first-order chi connectivity index (χ1) is 14.2. The first-order valence-corrected chi connectivity index (χ1v) is 9.84. The summed E-state index contributed by atoms with van der Waals surface area (Å²) in [6.45, 7) is 1.22. The van der Waals surface area contributed by atoms with Crippen molar-refractivity contribution < 1.29 is 9.21 Å². The van der Waals surface area contributed by atoms with Gasteiger partial charge in [0.15, 0.2) is 0 Å². The van der Waals surface area contributed by atoms with Gasteiger partial charge in [-0.15, -0.1) is 16.4 Å². The van der Waals surface area contributed by atoms with Crippen LogP contribution in [0.25, 0.3) is 10.8 Å². The number of aromatic nitrogens is 5. The molecule has 0 aliphatic carbocycles. The van der Waals surface area contributed by atoms with Crippen molar-refractivity contribution in [3.05, 3.63) is 76.1 Å². The Hall–Kier alpha value is -3.53. The molecule has 4 aromatic rings. The molecule has 0 atom stereocenters. The van der Waals surface area contributed by atoms with Crippen LogP contribution in [0, 0.1) is 0 Å². The predicted octanol–water partition coefficient (Wildman–Crippen LogP) is 1.91. The first-order valence-electron chi connectivity index (χ1n) is 8.96. The Morgan fingerprint density at radius 3 is 2.72 bits per heavy atom. The quantitative estimate of drug-likeness (QED) is 0.475. The Bertz CT molecular complexity index is 1110. The monoisotopic (exact) mass is 410 g/mol. The molecule has 4 rings (SSSR count). The second-order valence-corrected chi connectivity index (χ2v) is 7.26. The average Bonchev–Trinajstić information content (AvgIpc) is 3.48. The molecule has 0 fully saturated rings. The van der Waals surface area contributed by atoms with E-state index < -0.39 is 5.76 Å². The summed E-state index contributed by atoms with van der Waals surface area (Å²) < 4.78 is 8.05. The van der Waals surface area contributed by atoms with Crippen LogP contribution in [-0.4, -0.2) is 30.5 Å². The molecule has 10 heteroatoms. The maximum absolute atomic E-state index is 12.1. The zero-order valence-corrected chi connectivity index (χ0v) is 16.2. The Labute approximate surface area is 169 Å². The second-order valence-electron chi connectivity index (χ2n) is 6.31. The van der Waals surface area contributed by atoms with Gasteiger partial charge in [-0.25, -0.2) is 14.5 Å². The Balaban J connectivity index is 1.25. The molecule has 0 radical (unpaired) electrons. The summed E-state index contributed by atoms with van der Waals surface area (Å²) in [4.78, 5) is 28.7. The summed E-state index contributed by atoms with van der Waals surface area (Å²) in [5.74, 6) is -0.454. The summed E-state index contributed by atoms with van der Waals surface area (Å²) in [5.41, 5.74) is 2.08. The normalized spacial score (nSPS) is 10.9. The number of nitrogens with one attached hydrogen (secondary N) is 1. The molecule has 0 unspecified atom stereocenters. The van der Waals surface area contributed by atoms with E-state index in [0.29, 0.717) is 13.1 Å². The molecule has 148 valence electrons. The highest BCUT2D eigenvalue weighted by Crippen LogP contribution is 2.21. The number of hydrogen-bond donors (Lipinski definition) is 1. The third-order valence-corrected chi connectivity index (χ3v) is 5.07. The molecular formula is C19H18N6O3S. The minimum atomic E-state index is -0.566. The molecule has 3 heterocycles. The smallest absolute Gasteiger partial charge is 0.387 e. The summed E-state index contributed by atoms with van der Waals surface area (Å²) in [5, 5.41) is 12.9. The van der Waals surface area contributed by atoms with Gasteiger partial charge >= 0.3 is 5.76 Å². The highest BCUT2D eigenvalue weighted by atomic mass is 32.1.